The third-order valence-corrected chi connectivity index (χ3v) is 7.67. The van der Waals surface area contributed by atoms with Crippen molar-refractivity contribution < 1.29 is 22.7 Å². The van der Waals surface area contributed by atoms with Gasteiger partial charge in [0.1, 0.15) is 16.5 Å². The predicted octanol–water partition coefficient (Wildman–Crippen LogP) is 6.04. The number of thiazole rings is 1. The lowest BCUT2D eigenvalue weighted by Crippen LogP contribution is -2.23. The maximum atomic E-state index is 13.0. The van der Waals surface area contributed by atoms with Crippen molar-refractivity contribution in [1.29, 1.82) is 0 Å². The predicted molar refractivity (Wildman–Crippen MR) is 145 cm³/mol. The minimum absolute atomic E-state index is 0.0521. The van der Waals surface area contributed by atoms with E-state index in [0.29, 0.717) is 33.1 Å². The van der Waals surface area contributed by atoms with Crippen molar-refractivity contribution in [3.63, 3.8) is 0 Å². The Balaban J connectivity index is 1.30. The molecule has 5 rings (SSSR count). The van der Waals surface area contributed by atoms with E-state index in [0.717, 1.165) is 23.4 Å². The summed E-state index contributed by atoms with van der Waals surface area (Å²) in [7, 11) is 1.59. The maximum Gasteiger partial charge on any atom is 0.416 e. The summed E-state index contributed by atoms with van der Waals surface area (Å²) >= 11 is 2.70. The molecule has 3 aromatic heterocycles. The molecule has 8 nitrogen and oxygen atoms in total. The van der Waals surface area contributed by atoms with E-state index in [1.165, 1.54) is 35.2 Å². The number of carbonyl (C=O) groups is 1. The molecule has 0 unspecified atom stereocenters. The van der Waals surface area contributed by atoms with Crippen molar-refractivity contribution in [2.75, 3.05) is 7.11 Å². The van der Waals surface area contributed by atoms with Crippen molar-refractivity contribution in [3.05, 3.63) is 100 Å². The maximum absolute atomic E-state index is 13.0. The summed E-state index contributed by atoms with van der Waals surface area (Å²) in [4.78, 5) is 21.2. The monoisotopic (exact) mass is 582 g/mol. The van der Waals surface area contributed by atoms with Crippen LogP contribution in [0.25, 0.3) is 17.1 Å². The standard InChI is InChI=1S/C27H21F3N6O2S2/c1-38-22-10-3-2-9-21(22)36-24(18-7-5-11-31-14-18)34-35-26(36)40-16-23-33-20(15-39-23)25(37)32-13-17-6-4-8-19(12-17)27(28,29)30/h2-12,14-15H,13,16H2,1H3,(H,32,37). The molecule has 5 aromatic rings. The number of hydrogen-bond acceptors (Lipinski definition) is 8. The van der Waals surface area contributed by atoms with Gasteiger partial charge in [-0.3, -0.25) is 14.3 Å². The first-order chi connectivity index (χ1) is 19.3. The lowest BCUT2D eigenvalue weighted by atomic mass is 10.1. The molecule has 0 aliphatic rings. The van der Waals surface area contributed by atoms with Gasteiger partial charge in [-0.25, -0.2) is 4.98 Å². The first-order valence-electron chi connectivity index (χ1n) is 11.8. The number of halogens is 3. The van der Waals surface area contributed by atoms with Crippen LogP contribution >= 0.6 is 23.1 Å². The van der Waals surface area contributed by atoms with Crippen molar-refractivity contribution in [2.24, 2.45) is 0 Å². The number of nitrogens with one attached hydrogen (secondary N) is 1. The number of ether oxygens (including phenoxy) is 1. The quantitative estimate of drug-likeness (QED) is 0.212. The van der Waals surface area contributed by atoms with Crippen LogP contribution in [0.4, 0.5) is 13.2 Å². The highest BCUT2D eigenvalue weighted by atomic mass is 32.2. The van der Waals surface area contributed by atoms with Gasteiger partial charge in [0.2, 0.25) is 0 Å². The van der Waals surface area contributed by atoms with E-state index in [1.54, 1.807) is 24.9 Å². The minimum Gasteiger partial charge on any atom is -0.495 e. The van der Waals surface area contributed by atoms with Crippen molar-refractivity contribution >= 4 is 29.0 Å². The second-order valence-electron chi connectivity index (χ2n) is 8.35. The molecule has 0 saturated carbocycles. The molecule has 13 heteroatoms. The Labute approximate surface area is 235 Å². The highest BCUT2D eigenvalue weighted by Gasteiger charge is 2.30. The molecular weight excluding hydrogens is 561 g/mol. The Bertz CT molecular complexity index is 1620. The molecule has 0 aliphatic carbocycles. The molecule has 0 saturated heterocycles. The Hall–Kier alpha value is -4.23. The first kappa shape index (κ1) is 27.3. The fraction of sp³-hybridized carbons (Fsp3) is 0.148. The number of alkyl halides is 3. The van der Waals surface area contributed by atoms with Gasteiger partial charge in [-0.15, -0.1) is 21.5 Å². The van der Waals surface area contributed by atoms with Crippen LogP contribution in [-0.2, 0) is 18.5 Å². The Morgan fingerprint density at radius 3 is 2.73 bits per heavy atom. The van der Waals surface area contributed by atoms with Gasteiger partial charge >= 0.3 is 6.18 Å². The summed E-state index contributed by atoms with van der Waals surface area (Å²) < 4.78 is 46.3. The van der Waals surface area contributed by atoms with Crippen LogP contribution in [0.5, 0.6) is 5.75 Å². The smallest absolute Gasteiger partial charge is 0.416 e. The summed E-state index contributed by atoms with van der Waals surface area (Å²) in [6.45, 7) is -0.0521. The van der Waals surface area contributed by atoms with E-state index in [2.05, 4.69) is 25.5 Å². The molecule has 0 aliphatic heterocycles. The molecule has 0 spiro atoms. The van der Waals surface area contributed by atoms with Gasteiger partial charge in [-0.05, 0) is 42.0 Å². The van der Waals surface area contributed by atoms with Crippen LogP contribution in [0.3, 0.4) is 0 Å². The van der Waals surface area contributed by atoms with Gasteiger partial charge in [0.15, 0.2) is 11.0 Å². The SMILES string of the molecule is COc1ccccc1-n1c(SCc2nc(C(=O)NCc3cccc(C(F)(F)F)c3)cs2)nnc1-c1cccnc1. The summed E-state index contributed by atoms with van der Waals surface area (Å²) in [6, 6.07) is 16.1. The zero-order valence-corrected chi connectivity index (χ0v) is 22.6. The number of para-hydroxylation sites is 2. The summed E-state index contributed by atoms with van der Waals surface area (Å²) in [5, 5.41) is 14.3. The molecule has 2 aromatic carbocycles. The third-order valence-electron chi connectivity index (χ3n) is 5.70. The van der Waals surface area contributed by atoms with E-state index in [1.807, 2.05) is 41.0 Å². The van der Waals surface area contributed by atoms with Crippen LogP contribution in [-0.4, -0.2) is 37.7 Å². The molecule has 0 atom stereocenters. The highest BCUT2D eigenvalue weighted by molar-refractivity contribution is 7.98. The number of hydrogen-bond donors (Lipinski definition) is 1. The van der Waals surface area contributed by atoms with E-state index < -0.39 is 17.6 Å². The molecule has 0 radical (unpaired) electrons. The third kappa shape index (κ3) is 6.15. The second-order valence-corrected chi connectivity index (χ2v) is 10.2. The van der Waals surface area contributed by atoms with Gasteiger partial charge in [0, 0.05) is 29.9 Å². The Morgan fingerprint density at radius 2 is 1.95 bits per heavy atom. The number of nitrogens with zero attached hydrogens (tertiary/aromatic N) is 5. The van der Waals surface area contributed by atoms with Crippen LogP contribution in [0.2, 0.25) is 0 Å². The largest absolute Gasteiger partial charge is 0.495 e. The fourth-order valence-electron chi connectivity index (χ4n) is 3.82. The lowest BCUT2D eigenvalue weighted by Gasteiger charge is -2.13. The molecule has 40 heavy (non-hydrogen) atoms. The zero-order chi connectivity index (χ0) is 28.1. The van der Waals surface area contributed by atoms with Gasteiger partial charge in [-0.2, -0.15) is 13.2 Å². The van der Waals surface area contributed by atoms with Crippen LogP contribution < -0.4 is 10.1 Å². The summed E-state index contributed by atoms with van der Waals surface area (Å²) in [6.07, 6.45) is -1.07. The summed E-state index contributed by atoms with van der Waals surface area (Å²) in [5.41, 5.74) is 1.30. The number of benzene rings is 2. The van der Waals surface area contributed by atoms with Crippen LogP contribution in [0, 0.1) is 0 Å². The molecule has 1 N–H and O–H groups in total. The van der Waals surface area contributed by atoms with Crippen molar-refractivity contribution in [2.45, 2.75) is 23.6 Å². The zero-order valence-electron chi connectivity index (χ0n) is 20.9. The number of thioether (sulfide) groups is 1. The molecular formula is C27H21F3N6O2S2. The lowest BCUT2D eigenvalue weighted by molar-refractivity contribution is -0.137. The van der Waals surface area contributed by atoms with Gasteiger partial charge in [0.05, 0.1) is 24.1 Å². The van der Waals surface area contributed by atoms with Crippen molar-refractivity contribution in [3.8, 4) is 22.8 Å². The topological polar surface area (TPSA) is 94.8 Å². The highest BCUT2D eigenvalue weighted by Crippen LogP contribution is 2.34. The molecule has 0 fully saturated rings. The number of amides is 1. The van der Waals surface area contributed by atoms with Crippen LogP contribution in [0.1, 0.15) is 26.6 Å². The van der Waals surface area contributed by atoms with E-state index in [9.17, 15) is 18.0 Å². The van der Waals surface area contributed by atoms with Gasteiger partial charge in [-0.1, -0.05) is 36.0 Å². The average molecular weight is 583 g/mol. The molecule has 3 heterocycles. The van der Waals surface area contributed by atoms with E-state index >= 15 is 0 Å². The Kier molecular flexibility index (Phi) is 8.12. The number of carbonyl (C=O) groups excluding carboxylic acids is 1. The number of pyridine rings is 1. The average Bonchev–Trinajstić information content (AvgIpc) is 3.62. The normalized spacial score (nSPS) is 11.4. The number of methoxy groups -OCH3 is 1. The minimum atomic E-state index is -4.45. The molecule has 204 valence electrons. The number of rotatable bonds is 9. The Morgan fingerprint density at radius 1 is 1.10 bits per heavy atom. The second kappa shape index (κ2) is 11.9. The number of aromatic nitrogens is 5. The van der Waals surface area contributed by atoms with Crippen molar-refractivity contribution in [1.82, 2.24) is 30.0 Å². The van der Waals surface area contributed by atoms with E-state index in [-0.39, 0.29) is 12.2 Å². The molecule has 1 amide bonds. The molecule has 0 bridgehead atoms. The van der Waals surface area contributed by atoms with E-state index in [4.69, 9.17) is 4.74 Å². The van der Waals surface area contributed by atoms with Gasteiger partial charge < -0.3 is 10.1 Å². The van der Waals surface area contributed by atoms with Gasteiger partial charge in [0.25, 0.3) is 5.91 Å². The fourth-order valence-corrected chi connectivity index (χ4v) is 5.55. The van der Waals surface area contributed by atoms with Crippen LogP contribution in [0.15, 0.2) is 83.6 Å². The first-order valence-corrected chi connectivity index (χ1v) is 13.7. The summed E-state index contributed by atoms with van der Waals surface area (Å²) in [5.74, 6) is 1.17.